The van der Waals surface area contributed by atoms with Crippen molar-refractivity contribution in [3.8, 4) is 0 Å². The van der Waals surface area contributed by atoms with Crippen molar-refractivity contribution in [1.29, 1.82) is 0 Å². The Morgan fingerprint density at radius 3 is 2.53 bits per heavy atom. The minimum atomic E-state index is -0.0441. The highest BCUT2D eigenvalue weighted by Crippen LogP contribution is 2.27. The van der Waals surface area contributed by atoms with E-state index in [0.717, 1.165) is 36.3 Å². The highest BCUT2D eigenvalue weighted by molar-refractivity contribution is 5.82. The summed E-state index contributed by atoms with van der Waals surface area (Å²) in [6, 6.07) is 2.00. The van der Waals surface area contributed by atoms with E-state index in [9.17, 15) is 4.79 Å². The lowest BCUT2D eigenvalue weighted by atomic mass is 9.95. The Morgan fingerprint density at radius 2 is 2.13 bits per heavy atom. The summed E-state index contributed by atoms with van der Waals surface area (Å²) in [5, 5.41) is 0. The molecule has 0 amide bonds. The normalized spacial score (nSPS) is 12.8. The maximum Gasteiger partial charge on any atom is 0.140 e. The second-order valence-electron chi connectivity index (χ2n) is 4.19. The van der Waals surface area contributed by atoms with Crippen molar-refractivity contribution < 1.29 is 9.21 Å². The zero-order valence-electron chi connectivity index (χ0n) is 10.1. The first-order valence-corrected chi connectivity index (χ1v) is 5.63. The zero-order valence-corrected chi connectivity index (χ0v) is 10.1. The summed E-state index contributed by atoms with van der Waals surface area (Å²) >= 11 is 0. The smallest absolute Gasteiger partial charge is 0.140 e. The fourth-order valence-electron chi connectivity index (χ4n) is 1.73. The SMILES string of the molecule is CCCC[C@@H](C(C)=O)c1cc(C)c(C)o1. The number of aryl methyl sites for hydroxylation is 2. The fraction of sp³-hybridized carbons (Fsp3) is 0.615. The van der Waals surface area contributed by atoms with Gasteiger partial charge in [0.15, 0.2) is 0 Å². The lowest BCUT2D eigenvalue weighted by Crippen LogP contribution is -2.07. The summed E-state index contributed by atoms with van der Waals surface area (Å²) in [6.45, 7) is 7.73. The molecule has 84 valence electrons. The number of furan rings is 1. The van der Waals surface area contributed by atoms with Gasteiger partial charge in [-0.05, 0) is 38.8 Å². The number of rotatable bonds is 5. The van der Waals surface area contributed by atoms with Crippen LogP contribution in [0.1, 0.15) is 56.1 Å². The number of ketones is 1. The summed E-state index contributed by atoms with van der Waals surface area (Å²) in [5.74, 6) is 1.92. The van der Waals surface area contributed by atoms with Crippen LogP contribution in [0.5, 0.6) is 0 Å². The van der Waals surface area contributed by atoms with Crippen LogP contribution < -0.4 is 0 Å². The molecule has 0 spiro atoms. The second-order valence-corrected chi connectivity index (χ2v) is 4.19. The standard InChI is InChI=1S/C13H20O2/c1-5-6-7-12(10(3)14)13-8-9(2)11(4)15-13/h8,12H,5-7H2,1-4H3/t12-/m0/s1. The first-order chi connectivity index (χ1) is 7.06. The molecule has 15 heavy (non-hydrogen) atoms. The van der Waals surface area contributed by atoms with Gasteiger partial charge in [-0.25, -0.2) is 0 Å². The maximum absolute atomic E-state index is 11.5. The van der Waals surface area contributed by atoms with Gasteiger partial charge in [0.1, 0.15) is 17.3 Å². The van der Waals surface area contributed by atoms with E-state index in [1.165, 1.54) is 0 Å². The molecule has 0 aliphatic rings. The number of hydrogen-bond donors (Lipinski definition) is 0. The van der Waals surface area contributed by atoms with Crippen molar-refractivity contribution >= 4 is 5.78 Å². The van der Waals surface area contributed by atoms with Gasteiger partial charge in [0.2, 0.25) is 0 Å². The third-order valence-electron chi connectivity index (χ3n) is 2.87. The summed E-state index contributed by atoms with van der Waals surface area (Å²) in [7, 11) is 0. The molecular formula is C13H20O2. The van der Waals surface area contributed by atoms with Crippen LogP contribution in [0.2, 0.25) is 0 Å². The Kier molecular flexibility index (Phi) is 4.13. The molecule has 2 nitrogen and oxygen atoms in total. The number of carbonyl (C=O) groups is 1. The van der Waals surface area contributed by atoms with Gasteiger partial charge < -0.3 is 4.42 Å². The first kappa shape index (κ1) is 12.0. The first-order valence-electron chi connectivity index (χ1n) is 5.63. The molecule has 1 aromatic rings. The number of unbranched alkanes of at least 4 members (excludes halogenated alkanes) is 1. The van der Waals surface area contributed by atoms with Crippen molar-refractivity contribution in [1.82, 2.24) is 0 Å². The highest BCUT2D eigenvalue weighted by Gasteiger charge is 2.20. The molecule has 0 saturated heterocycles. The Balaban J connectivity index is 2.84. The maximum atomic E-state index is 11.5. The monoisotopic (exact) mass is 208 g/mol. The van der Waals surface area contributed by atoms with Gasteiger partial charge >= 0.3 is 0 Å². The molecule has 0 saturated carbocycles. The third-order valence-corrected chi connectivity index (χ3v) is 2.87. The molecule has 2 heteroatoms. The van der Waals surface area contributed by atoms with E-state index in [1.54, 1.807) is 6.92 Å². The summed E-state index contributed by atoms with van der Waals surface area (Å²) in [6.07, 6.45) is 3.09. The minimum absolute atomic E-state index is 0.0441. The number of carbonyl (C=O) groups excluding carboxylic acids is 1. The van der Waals surface area contributed by atoms with E-state index in [4.69, 9.17) is 4.42 Å². The molecule has 0 aromatic carbocycles. The van der Waals surface area contributed by atoms with Crippen molar-refractivity contribution in [2.75, 3.05) is 0 Å². The lowest BCUT2D eigenvalue weighted by molar-refractivity contribution is -0.118. The van der Waals surface area contributed by atoms with E-state index in [1.807, 2.05) is 19.9 Å². The molecule has 0 fully saturated rings. The molecule has 0 aliphatic carbocycles. The molecule has 1 heterocycles. The van der Waals surface area contributed by atoms with Gasteiger partial charge in [0.25, 0.3) is 0 Å². The van der Waals surface area contributed by atoms with Crippen molar-refractivity contribution in [2.45, 2.75) is 52.9 Å². The van der Waals surface area contributed by atoms with Crippen molar-refractivity contribution in [3.05, 3.63) is 23.2 Å². The fourth-order valence-corrected chi connectivity index (χ4v) is 1.73. The Bertz CT molecular complexity index is 317. The van der Waals surface area contributed by atoms with E-state index in [0.29, 0.717) is 0 Å². The topological polar surface area (TPSA) is 30.2 Å². The van der Waals surface area contributed by atoms with Crippen LogP contribution >= 0.6 is 0 Å². The molecule has 0 bridgehead atoms. The van der Waals surface area contributed by atoms with Crippen molar-refractivity contribution in [3.63, 3.8) is 0 Å². The van der Waals surface area contributed by atoms with Crippen LogP contribution in [-0.2, 0) is 4.79 Å². The van der Waals surface area contributed by atoms with Crippen LogP contribution in [0.4, 0.5) is 0 Å². The predicted octanol–water partition coefficient (Wildman–Crippen LogP) is 3.76. The van der Waals surface area contributed by atoms with Gasteiger partial charge in [-0.15, -0.1) is 0 Å². The lowest BCUT2D eigenvalue weighted by Gasteiger charge is -2.09. The summed E-state index contributed by atoms with van der Waals surface area (Å²) in [5.41, 5.74) is 1.13. The second kappa shape index (κ2) is 5.15. The molecule has 0 unspecified atom stereocenters. The van der Waals surface area contributed by atoms with Gasteiger partial charge in [-0.1, -0.05) is 19.8 Å². The average molecular weight is 208 g/mol. The Labute approximate surface area is 91.7 Å². The third kappa shape index (κ3) is 2.95. The molecule has 0 N–H and O–H groups in total. The molecule has 0 radical (unpaired) electrons. The zero-order chi connectivity index (χ0) is 11.4. The molecule has 1 atom stereocenters. The van der Waals surface area contributed by atoms with Crippen LogP contribution in [-0.4, -0.2) is 5.78 Å². The largest absolute Gasteiger partial charge is 0.465 e. The molecule has 1 aromatic heterocycles. The average Bonchev–Trinajstić information content (AvgIpc) is 2.47. The summed E-state index contributed by atoms with van der Waals surface area (Å²) < 4.78 is 5.61. The van der Waals surface area contributed by atoms with Gasteiger partial charge in [-0.3, -0.25) is 4.79 Å². The number of Topliss-reactive ketones (excluding diaryl/α,β-unsaturated/α-hetero) is 1. The number of hydrogen-bond acceptors (Lipinski definition) is 2. The van der Waals surface area contributed by atoms with E-state index in [2.05, 4.69) is 6.92 Å². The van der Waals surface area contributed by atoms with Gasteiger partial charge in [0, 0.05) is 0 Å². The Hall–Kier alpha value is -1.05. The van der Waals surface area contributed by atoms with Gasteiger partial charge in [0.05, 0.1) is 5.92 Å². The van der Waals surface area contributed by atoms with Crippen LogP contribution in [0.3, 0.4) is 0 Å². The van der Waals surface area contributed by atoms with Crippen LogP contribution in [0.25, 0.3) is 0 Å². The summed E-state index contributed by atoms with van der Waals surface area (Å²) in [4.78, 5) is 11.5. The highest BCUT2D eigenvalue weighted by atomic mass is 16.3. The molecular weight excluding hydrogens is 188 g/mol. The Morgan fingerprint density at radius 1 is 1.47 bits per heavy atom. The van der Waals surface area contributed by atoms with Gasteiger partial charge in [-0.2, -0.15) is 0 Å². The predicted molar refractivity (Wildman–Crippen MR) is 61.1 cm³/mol. The molecule has 0 aliphatic heterocycles. The quantitative estimate of drug-likeness (QED) is 0.737. The van der Waals surface area contributed by atoms with Crippen LogP contribution in [0, 0.1) is 13.8 Å². The van der Waals surface area contributed by atoms with Crippen molar-refractivity contribution in [2.24, 2.45) is 0 Å². The van der Waals surface area contributed by atoms with E-state index < -0.39 is 0 Å². The molecule has 1 rings (SSSR count). The van der Waals surface area contributed by atoms with E-state index in [-0.39, 0.29) is 11.7 Å². The van der Waals surface area contributed by atoms with Crippen LogP contribution in [0.15, 0.2) is 10.5 Å². The van der Waals surface area contributed by atoms with E-state index >= 15 is 0 Å². The minimum Gasteiger partial charge on any atom is -0.465 e.